The van der Waals surface area contributed by atoms with Gasteiger partial charge in [-0.25, -0.2) is 0 Å². The van der Waals surface area contributed by atoms with Crippen LogP contribution in [0.1, 0.15) is 12.5 Å². The maximum Gasteiger partial charge on any atom is 0.284 e. The van der Waals surface area contributed by atoms with Gasteiger partial charge >= 0.3 is 0 Å². The Morgan fingerprint density at radius 3 is 2.80 bits per heavy atom. The minimum Gasteiger partial charge on any atom is -0.325 e. The Labute approximate surface area is 96.1 Å². The molecule has 0 aliphatic heterocycles. The number of benzene rings is 1. The molecule has 0 heterocycles. The quantitative estimate of drug-likeness (QED) is 0.678. The molecule has 4 nitrogen and oxygen atoms in total. The summed E-state index contributed by atoms with van der Waals surface area (Å²) in [6, 6.07) is 4.88. The number of halogens is 1. The molecule has 0 aliphatic rings. The molecule has 0 saturated heterocycles. The molecule has 0 bridgehead atoms. The summed E-state index contributed by atoms with van der Waals surface area (Å²) in [5.41, 5.74) is 6.36. The Morgan fingerprint density at radius 1 is 1.60 bits per heavy atom. The van der Waals surface area contributed by atoms with E-state index in [2.05, 4.69) is 15.9 Å². The van der Waals surface area contributed by atoms with Crippen molar-refractivity contribution in [3.05, 3.63) is 44.4 Å². The molecular formula is C10H11BrN2O2. The van der Waals surface area contributed by atoms with E-state index in [0.717, 1.165) is 5.56 Å². The number of rotatable bonds is 3. The van der Waals surface area contributed by atoms with Crippen molar-refractivity contribution >= 4 is 27.7 Å². The van der Waals surface area contributed by atoms with Crippen LogP contribution >= 0.6 is 15.9 Å². The number of nitrogens with zero attached hydrogens (tertiary/aromatic N) is 1. The summed E-state index contributed by atoms with van der Waals surface area (Å²) >= 11 is 3.12. The predicted octanol–water partition coefficient (Wildman–Crippen LogP) is 2.72. The molecule has 2 N–H and O–H groups in total. The molecule has 0 spiro atoms. The van der Waals surface area contributed by atoms with Gasteiger partial charge in [0.05, 0.1) is 9.40 Å². The lowest BCUT2D eigenvalue weighted by atomic mass is 10.1. The Hall–Kier alpha value is -1.20. The zero-order chi connectivity index (χ0) is 11.4. The first kappa shape index (κ1) is 11.9. The number of hydrogen-bond acceptors (Lipinski definition) is 3. The van der Waals surface area contributed by atoms with Gasteiger partial charge in [-0.3, -0.25) is 10.1 Å². The summed E-state index contributed by atoms with van der Waals surface area (Å²) in [6.45, 7) is 1.84. The minimum absolute atomic E-state index is 0.0572. The third-order valence-corrected chi connectivity index (χ3v) is 2.43. The lowest BCUT2D eigenvalue weighted by molar-refractivity contribution is -0.385. The van der Waals surface area contributed by atoms with E-state index in [9.17, 15) is 10.1 Å². The largest absolute Gasteiger partial charge is 0.325 e. The van der Waals surface area contributed by atoms with E-state index in [-0.39, 0.29) is 11.7 Å². The van der Waals surface area contributed by atoms with E-state index in [1.165, 1.54) is 6.07 Å². The van der Waals surface area contributed by atoms with Gasteiger partial charge in [0.15, 0.2) is 0 Å². The average molecular weight is 271 g/mol. The SMILES string of the molecule is CC(N)/C=C/c1ccc(Br)c([N+](=O)[O-])c1. The highest BCUT2D eigenvalue weighted by Crippen LogP contribution is 2.26. The molecule has 0 amide bonds. The van der Waals surface area contributed by atoms with Gasteiger partial charge in [-0.2, -0.15) is 0 Å². The molecule has 5 heteroatoms. The van der Waals surface area contributed by atoms with E-state index in [1.54, 1.807) is 24.3 Å². The van der Waals surface area contributed by atoms with Crippen molar-refractivity contribution in [3.63, 3.8) is 0 Å². The molecule has 1 rings (SSSR count). The highest BCUT2D eigenvalue weighted by Gasteiger charge is 2.10. The van der Waals surface area contributed by atoms with E-state index in [1.807, 2.05) is 6.92 Å². The molecule has 1 aromatic carbocycles. The van der Waals surface area contributed by atoms with Gasteiger partial charge in [0.25, 0.3) is 5.69 Å². The van der Waals surface area contributed by atoms with Gasteiger partial charge in [-0.15, -0.1) is 0 Å². The third kappa shape index (κ3) is 3.45. The second-order valence-electron chi connectivity index (χ2n) is 3.19. The normalized spacial score (nSPS) is 13.0. The minimum atomic E-state index is -0.423. The first-order valence-corrected chi connectivity index (χ1v) is 5.17. The average Bonchev–Trinajstić information content (AvgIpc) is 2.16. The lowest BCUT2D eigenvalue weighted by Crippen LogP contribution is -2.09. The molecule has 0 aromatic heterocycles. The van der Waals surface area contributed by atoms with Gasteiger partial charge in [0.1, 0.15) is 0 Å². The van der Waals surface area contributed by atoms with Crippen molar-refractivity contribution in [1.29, 1.82) is 0 Å². The van der Waals surface area contributed by atoms with Crippen molar-refractivity contribution < 1.29 is 4.92 Å². The van der Waals surface area contributed by atoms with Crippen LogP contribution in [0.5, 0.6) is 0 Å². The van der Waals surface area contributed by atoms with E-state index < -0.39 is 4.92 Å². The van der Waals surface area contributed by atoms with Crippen LogP contribution in [0.2, 0.25) is 0 Å². The van der Waals surface area contributed by atoms with Gasteiger partial charge < -0.3 is 5.73 Å². The van der Waals surface area contributed by atoms with Crippen LogP contribution in [-0.2, 0) is 0 Å². The standard InChI is InChI=1S/C10H11BrN2O2/c1-7(12)2-3-8-4-5-9(11)10(6-8)13(14)15/h2-7H,12H2,1H3/b3-2+. The molecule has 0 fully saturated rings. The molecule has 15 heavy (non-hydrogen) atoms. The summed E-state index contributed by atoms with van der Waals surface area (Å²) < 4.78 is 0.477. The molecule has 0 saturated carbocycles. The van der Waals surface area contributed by atoms with Crippen LogP contribution in [-0.4, -0.2) is 11.0 Å². The van der Waals surface area contributed by atoms with Crippen molar-refractivity contribution in [2.45, 2.75) is 13.0 Å². The maximum absolute atomic E-state index is 10.6. The van der Waals surface area contributed by atoms with Crippen molar-refractivity contribution in [2.75, 3.05) is 0 Å². The van der Waals surface area contributed by atoms with Crippen molar-refractivity contribution in [2.24, 2.45) is 5.73 Å². The number of nitrogens with two attached hydrogens (primary N) is 1. The van der Waals surface area contributed by atoms with E-state index in [4.69, 9.17) is 5.73 Å². The third-order valence-electron chi connectivity index (χ3n) is 1.76. The fourth-order valence-electron chi connectivity index (χ4n) is 1.04. The summed E-state index contributed by atoms with van der Waals surface area (Å²) in [6.07, 6.45) is 3.55. The first-order valence-electron chi connectivity index (χ1n) is 4.38. The summed E-state index contributed by atoms with van der Waals surface area (Å²) in [4.78, 5) is 10.2. The highest BCUT2D eigenvalue weighted by molar-refractivity contribution is 9.10. The van der Waals surface area contributed by atoms with Gasteiger partial charge in [-0.1, -0.05) is 18.2 Å². The fourth-order valence-corrected chi connectivity index (χ4v) is 1.43. The van der Waals surface area contributed by atoms with E-state index >= 15 is 0 Å². The second kappa shape index (κ2) is 5.04. The van der Waals surface area contributed by atoms with Crippen molar-refractivity contribution in [3.8, 4) is 0 Å². The van der Waals surface area contributed by atoms with Crippen LogP contribution in [0, 0.1) is 10.1 Å². The lowest BCUT2D eigenvalue weighted by Gasteiger charge is -1.98. The topological polar surface area (TPSA) is 69.2 Å². The van der Waals surface area contributed by atoms with E-state index in [0.29, 0.717) is 4.47 Å². The fraction of sp³-hybridized carbons (Fsp3) is 0.200. The highest BCUT2D eigenvalue weighted by atomic mass is 79.9. The van der Waals surface area contributed by atoms with Crippen LogP contribution < -0.4 is 5.73 Å². The first-order chi connectivity index (χ1) is 7.00. The zero-order valence-corrected chi connectivity index (χ0v) is 9.77. The molecule has 1 unspecified atom stereocenters. The smallest absolute Gasteiger partial charge is 0.284 e. The summed E-state index contributed by atoms with van der Waals surface area (Å²) in [5.74, 6) is 0. The van der Waals surface area contributed by atoms with Gasteiger partial charge in [0.2, 0.25) is 0 Å². The number of nitro benzene ring substituents is 1. The Kier molecular flexibility index (Phi) is 3.99. The predicted molar refractivity (Wildman–Crippen MR) is 63.5 cm³/mol. The molecular weight excluding hydrogens is 260 g/mol. The Bertz CT molecular complexity index is 402. The number of hydrogen-bond donors (Lipinski definition) is 1. The second-order valence-corrected chi connectivity index (χ2v) is 4.04. The molecule has 0 aliphatic carbocycles. The molecule has 80 valence electrons. The van der Waals surface area contributed by atoms with Crippen LogP contribution in [0.3, 0.4) is 0 Å². The van der Waals surface area contributed by atoms with Crippen molar-refractivity contribution in [1.82, 2.24) is 0 Å². The Morgan fingerprint density at radius 2 is 2.27 bits per heavy atom. The monoisotopic (exact) mass is 270 g/mol. The molecule has 0 radical (unpaired) electrons. The van der Waals surface area contributed by atoms with Gasteiger partial charge in [-0.05, 0) is 34.5 Å². The zero-order valence-electron chi connectivity index (χ0n) is 8.18. The molecule has 1 aromatic rings. The molecule has 1 atom stereocenters. The maximum atomic E-state index is 10.6. The van der Waals surface area contributed by atoms with Crippen LogP contribution in [0.25, 0.3) is 6.08 Å². The Balaban J connectivity index is 3.03. The van der Waals surface area contributed by atoms with Crippen LogP contribution in [0.4, 0.5) is 5.69 Å². The van der Waals surface area contributed by atoms with Crippen LogP contribution in [0.15, 0.2) is 28.7 Å². The van der Waals surface area contributed by atoms with Gasteiger partial charge in [0, 0.05) is 12.1 Å². The summed E-state index contributed by atoms with van der Waals surface area (Å²) in [7, 11) is 0. The number of nitro groups is 1. The summed E-state index contributed by atoms with van der Waals surface area (Å²) in [5, 5.41) is 10.6.